The number of nitrogen functional groups attached to an aromatic ring is 1. The third-order valence-corrected chi connectivity index (χ3v) is 2.17. The highest BCUT2D eigenvalue weighted by Crippen LogP contribution is 2.17. The molecule has 1 atom stereocenters. The van der Waals surface area contributed by atoms with E-state index in [0.29, 0.717) is 4.47 Å². The van der Waals surface area contributed by atoms with E-state index < -0.39 is 11.1 Å². The Labute approximate surface area is 74.2 Å². The van der Waals surface area contributed by atoms with Crippen LogP contribution in [0.4, 0.5) is 5.82 Å². The standard InChI is InChI=1S/C5H5BrN2O2S/c6-3-1-4(11(9)10)5(7)8-2-3/h1-2H,(H2,7,8)(H,9,10). The summed E-state index contributed by atoms with van der Waals surface area (Å²) in [6.07, 6.45) is 1.46. The third kappa shape index (κ3) is 1.98. The molecule has 1 heterocycles. The van der Waals surface area contributed by atoms with Gasteiger partial charge >= 0.3 is 0 Å². The lowest BCUT2D eigenvalue weighted by Crippen LogP contribution is -1.98. The zero-order valence-electron chi connectivity index (χ0n) is 5.32. The SMILES string of the molecule is Nc1ncc(Br)cc1S(=O)O. The second kappa shape index (κ2) is 3.29. The van der Waals surface area contributed by atoms with Crippen molar-refractivity contribution in [2.24, 2.45) is 0 Å². The molecular weight excluding hydrogens is 232 g/mol. The van der Waals surface area contributed by atoms with Gasteiger partial charge in [-0.3, -0.25) is 0 Å². The molecule has 4 nitrogen and oxygen atoms in total. The van der Waals surface area contributed by atoms with Gasteiger partial charge in [0.2, 0.25) is 0 Å². The van der Waals surface area contributed by atoms with Crippen LogP contribution in [0.2, 0.25) is 0 Å². The first-order chi connectivity index (χ1) is 5.11. The highest BCUT2D eigenvalue weighted by Gasteiger charge is 2.06. The van der Waals surface area contributed by atoms with Crippen molar-refractivity contribution in [2.45, 2.75) is 4.90 Å². The second-order valence-electron chi connectivity index (χ2n) is 1.79. The molecule has 1 aromatic rings. The van der Waals surface area contributed by atoms with E-state index in [4.69, 9.17) is 10.3 Å². The average Bonchev–Trinajstić information content (AvgIpc) is 1.94. The molecule has 11 heavy (non-hydrogen) atoms. The Balaban J connectivity index is 3.23. The normalized spacial score (nSPS) is 12.9. The van der Waals surface area contributed by atoms with Crippen LogP contribution in [-0.2, 0) is 11.1 Å². The van der Waals surface area contributed by atoms with Gasteiger partial charge in [-0.15, -0.1) is 0 Å². The van der Waals surface area contributed by atoms with Gasteiger partial charge in [0.15, 0.2) is 11.1 Å². The Morgan fingerprint density at radius 2 is 2.36 bits per heavy atom. The van der Waals surface area contributed by atoms with Crippen molar-refractivity contribution in [3.05, 3.63) is 16.7 Å². The van der Waals surface area contributed by atoms with E-state index >= 15 is 0 Å². The summed E-state index contributed by atoms with van der Waals surface area (Å²) >= 11 is 1.03. The molecule has 60 valence electrons. The maximum atomic E-state index is 10.5. The van der Waals surface area contributed by atoms with Crippen LogP contribution in [0.1, 0.15) is 0 Å². The first-order valence-electron chi connectivity index (χ1n) is 2.63. The Morgan fingerprint density at radius 3 is 2.82 bits per heavy atom. The molecule has 0 amide bonds. The molecule has 3 N–H and O–H groups in total. The minimum atomic E-state index is -2.07. The number of aromatic nitrogens is 1. The summed E-state index contributed by atoms with van der Waals surface area (Å²) in [5, 5.41) is 0. The number of nitrogens with two attached hydrogens (primary N) is 1. The van der Waals surface area contributed by atoms with E-state index in [1.807, 2.05) is 0 Å². The summed E-state index contributed by atoms with van der Waals surface area (Å²) in [5.74, 6) is 0.0778. The quantitative estimate of drug-likeness (QED) is 0.714. The maximum absolute atomic E-state index is 10.5. The number of hydrogen-bond acceptors (Lipinski definition) is 3. The van der Waals surface area contributed by atoms with Gasteiger partial charge in [-0.05, 0) is 22.0 Å². The zero-order chi connectivity index (χ0) is 8.43. The van der Waals surface area contributed by atoms with E-state index in [-0.39, 0.29) is 10.7 Å². The van der Waals surface area contributed by atoms with Crippen molar-refractivity contribution >= 4 is 32.8 Å². The van der Waals surface area contributed by atoms with Crippen LogP contribution in [0.15, 0.2) is 21.6 Å². The topological polar surface area (TPSA) is 76.2 Å². The smallest absolute Gasteiger partial charge is 0.190 e. The van der Waals surface area contributed by atoms with Gasteiger partial charge in [0.05, 0.1) is 0 Å². The van der Waals surface area contributed by atoms with E-state index in [0.717, 1.165) is 0 Å². The van der Waals surface area contributed by atoms with E-state index in [1.54, 1.807) is 0 Å². The summed E-state index contributed by atoms with van der Waals surface area (Å²) in [6, 6.07) is 1.46. The van der Waals surface area contributed by atoms with E-state index in [1.165, 1.54) is 12.3 Å². The molecule has 1 unspecified atom stereocenters. The molecule has 6 heteroatoms. The average molecular weight is 237 g/mol. The van der Waals surface area contributed by atoms with Crippen molar-refractivity contribution in [2.75, 3.05) is 5.73 Å². The van der Waals surface area contributed by atoms with Crippen molar-refractivity contribution in [3.8, 4) is 0 Å². The summed E-state index contributed by atoms with van der Waals surface area (Å²) in [5.41, 5.74) is 5.31. The third-order valence-electron chi connectivity index (χ3n) is 1.04. The first-order valence-corrected chi connectivity index (χ1v) is 4.53. The molecule has 1 aromatic heterocycles. The predicted molar refractivity (Wildman–Crippen MR) is 45.4 cm³/mol. The van der Waals surface area contributed by atoms with Gasteiger partial charge in [-0.25, -0.2) is 9.19 Å². The van der Waals surface area contributed by atoms with Crippen LogP contribution in [0.25, 0.3) is 0 Å². The van der Waals surface area contributed by atoms with Gasteiger partial charge in [0, 0.05) is 10.7 Å². The van der Waals surface area contributed by atoms with Gasteiger partial charge in [-0.2, -0.15) is 0 Å². The van der Waals surface area contributed by atoms with Crippen molar-refractivity contribution < 1.29 is 8.76 Å². The fraction of sp³-hybridized carbons (Fsp3) is 0. The zero-order valence-corrected chi connectivity index (χ0v) is 7.72. The van der Waals surface area contributed by atoms with Crippen LogP contribution in [0, 0.1) is 0 Å². The number of anilines is 1. The van der Waals surface area contributed by atoms with Gasteiger partial charge < -0.3 is 10.3 Å². The first kappa shape index (κ1) is 8.63. The van der Waals surface area contributed by atoms with Crippen LogP contribution in [-0.4, -0.2) is 13.7 Å². The largest absolute Gasteiger partial charge is 0.383 e. The minimum Gasteiger partial charge on any atom is -0.383 e. The van der Waals surface area contributed by atoms with Gasteiger partial charge in [0.1, 0.15) is 10.7 Å². The molecule has 0 saturated heterocycles. The number of nitrogens with zero attached hydrogens (tertiary/aromatic N) is 1. The summed E-state index contributed by atoms with van der Waals surface area (Å²) < 4.78 is 19.8. The molecule has 0 saturated carbocycles. The molecular formula is C5H5BrN2O2S. The molecule has 0 aliphatic rings. The van der Waals surface area contributed by atoms with Crippen molar-refractivity contribution in [1.29, 1.82) is 0 Å². The molecule has 0 bridgehead atoms. The molecule has 0 fully saturated rings. The van der Waals surface area contributed by atoms with Crippen LogP contribution in [0.5, 0.6) is 0 Å². The fourth-order valence-corrected chi connectivity index (χ4v) is 1.51. The van der Waals surface area contributed by atoms with Crippen LogP contribution in [0.3, 0.4) is 0 Å². The summed E-state index contributed by atoms with van der Waals surface area (Å²) in [4.78, 5) is 3.80. The number of rotatable bonds is 1. The van der Waals surface area contributed by atoms with E-state index in [9.17, 15) is 4.21 Å². The highest BCUT2D eigenvalue weighted by molar-refractivity contribution is 9.10. The molecule has 0 radical (unpaired) electrons. The Kier molecular flexibility index (Phi) is 2.58. The minimum absolute atomic E-state index is 0.0778. The lowest BCUT2D eigenvalue weighted by molar-refractivity contribution is 0.564. The fourth-order valence-electron chi connectivity index (χ4n) is 0.571. The number of hydrogen-bond donors (Lipinski definition) is 2. The van der Waals surface area contributed by atoms with Gasteiger partial charge in [-0.1, -0.05) is 0 Å². The Hall–Kier alpha value is -0.460. The van der Waals surface area contributed by atoms with Crippen LogP contribution < -0.4 is 5.73 Å². The van der Waals surface area contributed by atoms with Crippen molar-refractivity contribution in [3.63, 3.8) is 0 Å². The number of halogens is 1. The monoisotopic (exact) mass is 236 g/mol. The molecule has 0 spiro atoms. The lowest BCUT2D eigenvalue weighted by atomic mass is 10.5. The Morgan fingerprint density at radius 1 is 1.73 bits per heavy atom. The molecule has 1 rings (SSSR count). The van der Waals surface area contributed by atoms with Gasteiger partial charge in [0.25, 0.3) is 0 Å². The Bertz CT molecular complexity index is 305. The summed E-state index contributed by atoms with van der Waals surface area (Å²) in [7, 11) is 0. The molecule has 0 aliphatic heterocycles. The van der Waals surface area contributed by atoms with Crippen molar-refractivity contribution in [1.82, 2.24) is 4.98 Å². The summed E-state index contributed by atoms with van der Waals surface area (Å²) in [6.45, 7) is 0. The van der Waals surface area contributed by atoms with E-state index in [2.05, 4.69) is 20.9 Å². The lowest BCUT2D eigenvalue weighted by Gasteiger charge is -1.98. The maximum Gasteiger partial charge on any atom is 0.190 e. The predicted octanol–water partition coefficient (Wildman–Crippen LogP) is 1.01. The molecule has 0 aromatic carbocycles. The van der Waals surface area contributed by atoms with Crippen LogP contribution >= 0.6 is 15.9 Å². The highest BCUT2D eigenvalue weighted by atomic mass is 79.9. The number of pyridine rings is 1. The second-order valence-corrected chi connectivity index (χ2v) is 3.64. The molecule has 0 aliphatic carbocycles.